The first kappa shape index (κ1) is 22.1. The van der Waals surface area contributed by atoms with Gasteiger partial charge in [0.05, 0.1) is 13.7 Å². The molecule has 3 rings (SSSR count). The molecule has 1 fully saturated rings. The normalized spacial score (nSPS) is 18.0. The fourth-order valence-electron chi connectivity index (χ4n) is 3.43. The van der Waals surface area contributed by atoms with Gasteiger partial charge in [0.2, 0.25) is 5.91 Å². The molecule has 8 heteroatoms. The highest BCUT2D eigenvalue weighted by Crippen LogP contribution is 2.30. The number of methoxy groups -OCH3 is 1. The molecule has 0 aromatic heterocycles. The minimum atomic E-state index is -1.23. The highest BCUT2D eigenvalue weighted by atomic mass is 16.5. The van der Waals surface area contributed by atoms with Crippen LogP contribution in [0.15, 0.2) is 48.5 Å². The summed E-state index contributed by atoms with van der Waals surface area (Å²) in [6.07, 6.45) is 0.625. The predicted octanol–water partition coefficient (Wildman–Crippen LogP) is 2.22. The number of hydrogen-bond acceptors (Lipinski definition) is 5. The second-order valence-corrected chi connectivity index (χ2v) is 7.35. The Morgan fingerprint density at radius 3 is 2.32 bits per heavy atom. The number of benzene rings is 2. The van der Waals surface area contributed by atoms with Crippen molar-refractivity contribution in [2.75, 3.05) is 26.8 Å². The average Bonchev–Trinajstić information content (AvgIpc) is 2.99. The Morgan fingerprint density at radius 2 is 1.71 bits per heavy atom. The molecule has 4 amide bonds. The minimum absolute atomic E-state index is 0.333. The van der Waals surface area contributed by atoms with E-state index in [1.54, 1.807) is 38.3 Å². The Kier molecular flexibility index (Phi) is 6.79. The lowest BCUT2D eigenvalue weighted by molar-refractivity contribution is -0.134. The summed E-state index contributed by atoms with van der Waals surface area (Å²) in [5, 5.41) is 5.46. The van der Waals surface area contributed by atoms with Crippen LogP contribution in [-0.2, 0) is 21.5 Å². The van der Waals surface area contributed by atoms with E-state index in [4.69, 9.17) is 9.47 Å². The molecule has 1 aliphatic heterocycles. The van der Waals surface area contributed by atoms with Gasteiger partial charge in [-0.15, -0.1) is 0 Å². The number of imide groups is 1. The Bertz CT molecular complexity index is 943. The van der Waals surface area contributed by atoms with E-state index in [0.29, 0.717) is 30.9 Å². The van der Waals surface area contributed by atoms with E-state index in [0.717, 1.165) is 16.2 Å². The molecular formula is C23H27N3O5. The molecule has 2 N–H and O–H groups in total. The first-order chi connectivity index (χ1) is 14.9. The molecule has 1 aliphatic rings. The summed E-state index contributed by atoms with van der Waals surface area (Å²) in [5.74, 6) is 0.585. The molecule has 1 unspecified atom stereocenters. The summed E-state index contributed by atoms with van der Waals surface area (Å²) in [4.78, 5) is 38.6. The third-order valence-corrected chi connectivity index (χ3v) is 5.21. The SMILES string of the molecule is CCOc1ccc(C2(C)NC(=O)N(CC(=O)NCCc3ccc(OC)cc3)C2=O)cc1. The largest absolute Gasteiger partial charge is 0.497 e. The summed E-state index contributed by atoms with van der Waals surface area (Å²) in [7, 11) is 1.60. The van der Waals surface area contributed by atoms with Gasteiger partial charge in [0.25, 0.3) is 5.91 Å². The smallest absolute Gasteiger partial charge is 0.325 e. The number of carbonyl (C=O) groups is 3. The van der Waals surface area contributed by atoms with E-state index in [9.17, 15) is 14.4 Å². The van der Waals surface area contributed by atoms with E-state index in [2.05, 4.69) is 10.6 Å². The van der Waals surface area contributed by atoms with Gasteiger partial charge >= 0.3 is 6.03 Å². The maximum absolute atomic E-state index is 13.0. The lowest BCUT2D eigenvalue weighted by Gasteiger charge is -2.22. The van der Waals surface area contributed by atoms with Crippen LogP contribution in [0.2, 0.25) is 0 Å². The molecule has 1 heterocycles. The number of carbonyl (C=O) groups excluding carboxylic acids is 3. The lowest BCUT2D eigenvalue weighted by atomic mass is 9.92. The monoisotopic (exact) mass is 425 g/mol. The summed E-state index contributed by atoms with van der Waals surface area (Å²) in [6.45, 7) is 4.11. The van der Waals surface area contributed by atoms with Crippen LogP contribution in [0.1, 0.15) is 25.0 Å². The van der Waals surface area contributed by atoms with Crippen molar-refractivity contribution in [3.63, 3.8) is 0 Å². The fraction of sp³-hybridized carbons (Fsp3) is 0.348. The van der Waals surface area contributed by atoms with Crippen molar-refractivity contribution in [2.24, 2.45) is 0 Å². The van der Waals surface area contributed by atoms with Gasteiger partial charge in [0.1, 0.15) is 23.6 Å². The molecule has 2 aromatic carbocycles. The topological polar surface area (TPSA) is 97.0 Å². The first-order valence-corrected chi connectivity index (χ1v) is 10.1. The van der Waals surface area contributed by atoms with Gasteiger partial charge in [-0.05, 0) is 55.7 Å². The van der Waals surface area contributed by atoms with Gasteiger partial charge in [-0.25, -0.2) is 4.79 Å². The quantitative estimate of drug-likeness (QED) is 0.601. The molecule has 164 valence electrons. The lowest BCUT2D eigenvalue weighted by Crippen LogP contribution is -2.43. The van der Waals surface area contributed by atoms with Gasteiger partial charge < -0.3 is 20.1 Å². The zero-order valence-electron chi connectivity index (χ0n) is 17.9. The Morgan fingerprint density at radius 1 is 1.06 bits per heavy atom. The van der Waals surface area contributed by atoms with Crippen LogP contribution in [-0.4, -0.2) is 49.6 Å². The first-order valence-electron chi connectivity index (χ1n) is 10.1. The fourth-order valence-corrected chi connectivity index (χ4v) is 3.43. The molecule has 1 saturated heterocycles. The van der Waals surface area contributed by atoms with Crippen LogP contribution in [0, 0.1) is 0 Å². The van der Waals surface area contributed by atoms with Gasteiger partial charge in [-0.3, -0.25) is 14.5 Å². The van der Waals surface area contributed by atoms with Gasteiger partial charge in [-0.2, -0.15) is 0 Å². The second kappa shape index (κ2) is 9.51. The van der Waals surface area contributed by atoms with Crippen molar-refractivity contribution in [3.05, 3.63) is 59.7 Å². The van der Waals surface area contributed by atoms with Crippen molar-refractivity contribution >= 4 is 17.8 Å². The average molecular weight is 425 g/mol. The highest BCUT2D eigenvalue weighted by Gasteiger charge is 2.49. The number of urea groups is 1. The van der Waals surface area contributed by atoms with Crippen LogP contribution in [0.4, 0.5) is 4.79 Å². The minimum Gasteiger partial charge on any atom is -0.497 e. The van der Waals surface area contributed by atoms with Crippen LogP contribution in [0.3, 0.4) is 0 Å². The molecule has 31 heavy (non-hydrogen) atoms. The van der Waals surface area contributed by atoms with Crippen LogP contribution in [0.5, 0.6) is 11.5 Å². The number of nitrogens with one attached hydrogen (secondary N) is 2. The Labute approximate surface area is 181 Å². The van der Waals surface area contributed by atoms with E-state index in [1.165, 1.54) is 0 Å². The summed E-state index contributed by atoms with van der Waals surface area (Å²) >= 11 is 0. The molecule has 0 aliphatic carbocycles. The van der Waals surface area contributed by atoms with Crippen molar-refractivity contribution in [3.8, 4) is 11.5 Å². The van der Waals surface area contributed by atoms with Gasteiger partial charge in [-0.1, -0.05) is 24.3 Å². The van der Waals surface area contributed by atoms with Crippen molar-refractivity contribution < 1.29 is 23.9 Å². The second-order valence-electron chi connectivity index (χ2n) is 7.35. The summed E-state index contributed by atoms with van der Waals surface area (Å²) in [6, 6.07) is 13.9. The molecule has 8 nitrogen and oxygen atoms in total. The van der Waals surface area contributed by atoms with Crippen LogP contribution >= 0.6 is 0 Å². The van der Waals surface area contributed by atoms with Crippen LogP contribution in [0.25, 0.3) is 0 Å². The molecule has 0 saturated carbocycles. The number of amides is 4. The maximum atomic E-state index is 13.0. The zero-order chi connectivity index (χ0) is 22.4. The van der Waals surface area contributed by atoms with E-state index in [1.807, 2.05) is 31.2 Å². The Hall–Kier alpha value is -3.55. The maximum Gasteiger partial charge on any atom is 0.325 e. The van der Waals surface area contributed by atoms with Gasteiger partial charge in [0.15, 0.2) is 0 Å². The molecule has 1 atom stereocenters. The molecular weight excluding hydrogens is 398 g/mol. The zero-order valence-corrected chi connectivity index (χ0v) is 17.9. The summed E-state index contributed by atoms with van der Waals surface area (Å²) < 4.78 is 10.5. The van der Waals surface area contributed by atoms with E-state index < -0.39 is 23.4 Å². The molecule has 2 aromatic rings. The van der Waals surface area contributed by atoms with Crippen molar-refractivity contribution in [1.82, 2.24) is 15.5 Å². The van der Waals surface area contributed by atoms with Gasteiger partial charge in [0, 0.05) is 6.54 Å². The Balaban J connectivity index is 1.56. The van der Waals surface area contributed by atoms with Crippen LogP contribution < -0.4 is 20.1 Å². The van der Waals surface area contributed by atoms with Crippen molar-refractivity contribution in [1.29, 1.82) is 0 Å². The molecule has 0 spiro atoms. The number of ether oxygens (including phenoxy) is 2. The molecule has 0 radical (unpaired) electrons. The number of rotatable bonds is 9. The number of hydrogen-bond donors (Lipinski definition) is 2. The third kappa shape index (κ3) is 4.96. The van der Waals surface area contributed by atoms with Crippen molar-refractivity contribution in [2.45, 2.75) is 25.8 Å². The highest BCUT2D eigenvalue weighted by molar-refractivity contribution is 6.09. The standard InChI is InChI=1S/C23H27N3O5/c1-4-31-19-11-7-17(8-12-19)23(2)21(28)26(22(29)25-23)15-20(27)24-14-13-16-5-9-18(30-3)10-6-16/h5-12H,4,13-15H2,1-3H3,(H,24,27)(H,25,29). The van der Waals surface area contributed by atoms with E-state index >= 15 is 0 Å². The predicted molar refractivity (Wildman–Crippen MR) is 115 cm³/mol. The number of nitrogens with zero attached hydrogens (tertiary/aromatic N) is 1. The van der Waals surface area contributed by atoms with E-state index in [-0.39, 0.29) is 6.54 Å². The summed E-state index contributed by atoms with van der Waals surface area (Å²) in [5.41, 5.74) is 0.432. The third-order valence-electron chi connectivity index (χ3n) is 5.21. The molecule has 0 bridgehead atoms.